The molecule has 2 saturated carbocycles. The molecule has 6 nitrogen and oxygen atoms in total. The molecule has 2 fully saturated rings. The lowest BCUT2D eigenvalue weighted by Crippen LogP contribution is -2.47. The van der Waals surface area contributed by atoms with Crippen LogP contribution in [0.4, 0.5) is 18.0 Å². The van der Waals surface area contributed by atoms with Gasteiger partial charge in [0.15, 0.2) is 0 Å². The number of alkyl halides is 3. The molecule has 0 aromatic heterocycles. The number of hydrogen-bond acceptors (Lipinski definition) is 5. The van der Waals surface area contributed by atoms with Gasteiger partial charge in [0.2, 0.25) is 0 Å². The minimum atomic E-state index is -4.54. The van der Waals surface area contributed by atoms with E-state index < -0.39 is 44.5 Å². The molecule has 2 aliphatic rings. The molecule has 1 aromatic rings. The summed E-state index contributed by atoms with van der Waals surface area (Å²) in [6.45, 7) is 5.25. The molecule has 0 saturated heterocycles. The predicted molar refractivity (Wildman–Crippen MR) is 102 cm³/mol. The molecule has 30 heavy (non-hydrogen) atoms. The highest BCUT2D eigenvalue weighted by Crippen LogP contribution is 2.56. The fourth-order valence-corrected chi connectivity index (χ4v) is 5.31. The Morgan fingerprint density at radius 1 is 1.07 bits per heavy atom. The van der Waals surface area contributed by atoms with Crippen molar-refractivity contribution in [2.75, 3.05) is 6.61 Å². The van der Waals surface area contributed by atoms with Crippen molar-refractivity contribution in [1.82, 2.24) is 5.32 Å². The number of carbonyl (C=O) groups excluding carboxylic acids is 1. The molecule has 0 unspecified atom stereocenters. The van der Waals surface area contributed by atoms with E-state index in [2.05, 4.69) is 5.32 Å². The molecule has 10 heteroatoms. The summed E-state index contributed by atoms with van der Waals surface area (Å²) >= 11 is 0. The van der Waals surface area contributed by atoms with Gasteiger partial charge in [-0.15, -0.1) is 0 Å². The van der Waals surface area contributed by atoms with Gasteiger partial charge >= 0.3 is 12.3 Å². The van der Waals surface area contributed by atoms with Crippen LogP contribution in [0.1, 0.15) is 58.4 Å². The Bertz CT molecular complexity index is 896. The molecule has 0 atom stereocenters. The van der Waals surface area contributed by atoms with Crippen molar-refractivity contribution in [2.45, 2.75) is 75.1 Å². The Morgan fingerprint density at radius 3 is 2.13 bits per heavy atom. The molecule has 0 spiro atoms. The van der Waals surface area contributed by atoms with E-state index in [1.807, 2.05) is 0 Å². The molecule has 3 rings (SSSR count). The summed E-state index contributed by atoms with van der Waals surface area (Å²) in [5, 5.41) is 2.94. The quantitative estimate of drug-likeness (QED) is 0.663. The van der Waals surface area contributed by atoms with Crippen LogP contribution in [-0.4, -0.2) is 32.3 Å². The Labute approximate surface area is 174 Å². The average molecular weight is 449 g/mol. The third kappa shape index (κ3) is 5.08. The second kappa shape index (κ2) is 7.40. The summed E-state index contributed by atoms with van der Waals surface area (Å²) in [5.41, 5.74) is -2.38. The largest absolute Gasteiger partial charge is 0.444 e. The highest BCUT2D eigenvalue weighted by molar-refractivity contribution is 7.86. The minimum Gasteiger partial charge on any atom is -0.444 e. The molecule has 0 heterocycles. The first-order chi connectivity index (χ1) is 13.6. The summed E-state index contributed by atoms with van der Waals surface area (Å²) < 4.78 is 73.4. The minimum absolute atomic E-state index is 0.0753. The van der Waals surface area contributed by atoms with Gasteiger partial charge in [-0.05, 0) is 82.6 Å². The van der Waals surface area contributed by atoms with Crippen LogP contribution in [0.15, 0.2) is 29.2 Å². The molecule has 168 valence electrons. The van der Waals surface area contributed by atoms with Gasteiger partial charge in [0, 0.05) is 5.54 Å². The van der Waals surface area contributed by atoms with Crippen molar-refractivity contribution >= 4 is 16.2 Å². The van der Waals surface area contributed by atoms with Crippen LogP contribution in [0.25, 0.3) is 0 Å². The van der Waals surface area contributed by atoms with Crippen LogP contribution >= 0.6 is 0 Å². The second-order valence-corrected chi connectivity index (χ2v) is 10.9. The number of ether oxygens (including phenoxy) is 1. The predicted octanol–water partition coefficient (Wildman–Crippen LogP) is 4.64. The number of fused-ring (bicyclic) bond motifs is 2. The van der Waals surface area contributed by atoms with Crippen molar-refractivity contribution in [3.8, 4) is 0 Å². The van der Waals surface area contributed by atoms with Crippen molar-refractivity contribution < 1.29 is 35.3 Å². The zero-order chi connectivity index (χ0) is 22.4. The van der Waals surface area contributed by atoms with Crippen molar-refractivity contribution in [1.29, 1.82) is 0 Å². The molecule has 2 bridgehead atoms. The number of alkyl carbamates (subject to hydrolysis) is 1. The number of rotatable bonds is 5. The second-order valence-electron chi connectivity index (χ2n) is 9.32. The zero-order valence-corrected chi connectivity index (χ0v) is 18.0. The van der Waals surface area contributed by atoms with Crippen molar-refractivity contribution in [3.05, 3.63) is 29.8 Å². The molecule has 1 amide bonds. The van der Waals surface area contributed by atoms with Gasteiger partial charge < -0.3 is 10.1 Å². The van der Waals surface area contributed by atoms with Crippen molar-refractivity contribution in [3.63, 3.8) is 0 Å². The molecular formula is C20H26F3NO5S. The third-order valence-corrected chi connectivity index (χ3v) is 7.02. The summed E-state index contributed by atoms with van der Waals surface area (Å²) in [6, 6.07) is 3.23. The van der Waals surface area contributed by atoms with Crippen LogP contribution in [0.5, 0.6) is 0 Å². The zero-order valence-electron chi connectivity index (χ0n) is 17.1. The van der Waals surface area contributed by atoms with E-state index >= 15 is 0 Å². The van der Waals surface area contributed by atoms with E-state index in [4.69, 9.17) is 8.92 Å². The van der Waals surface area contributed by atoms with E-state index in [1.54, 1.807) is 20.8 Å². The molecule has 1 N–H and O–H groups in total. The Hall–Kier alpha value is -1.81. The van der Waals surface area contributed by atoms with E-state index in [0.717, 1.165) is 24.3 Å². The summed E-state index contributed by atoms with van der Waals surface area (Å²) in [5.74, 6) is 0. The summed E-state index contributed by atoms with van der Waals surface area (Å²) in [7, 11) is -4.19. The van der Waals surface area contributed by atoms with Gasteiger partial charge in [0.25, 0.3) is 10.1 Å². The van der Waals surface area contributed by atoms with Gasteiger partial charge in [-0.2, -0.15) is 21.6 Å². The molecule has 0 radical (unpaired) electrons. The number of carbonyl (C=O) groups is 1. The fraction of sp³-hybridized carbons (Fsp3) is 0.650. The number of nitrogens with one attached hydrogen (secondary N) is 1. The van der Waals surface area contributed by atoms with E-state index in [1.165, 1.54) is 0 Å². The highest BCUT2D eigenvalue weighted by atomic mass is 32.2. The lowest BCUT2D eigenvalue weighted by molar-refractivity contribution is -0.137. The smallest absolute Gasteiger partial charge is 0.416 e. The Kier molecular flexibility index (Phi) is 5.64. The molecule has 2 aliphatic carbocycles. The van der Waals surface area contributed by atoms with Crippen LogP contribution in [0, 0.1) is 5.41 Å². The van der Waals surface area contributed by atoms with Gasteiger partial charge in [-0.3, -0.25) is 4.18 Å². The SMILES string of the molecule is CC(C)(C)OC(=O)NC12CCC(COS(=O)(=O)c3ccc(C(F)(F)F)cc3)(CC1)C2. The van der Waals surface area contributed by atoms with E-state index in [9.17, 15) is 26.4 Å². The van der Waals surface area contributed by atoms with Crippen LogP contribution < -0.4 is 5.32 Å². The Morgan fingerprint density at radius 2 is 1.63 bits per heavy atom. The van der Waals surface area contributed by atoms with Gasteiger partial charge in [-0.25, -0.2) is 4.79 Å². The first kappa shape index (κ1) is 22.9. The average Bonchev–Trinajstić information content (AvgIpc) is 3.14. The van der Waals surface area contributed by atoms with Crippen LogP contribution in [0.2, 0.25) is 0 Å². The normalized spacial score (nSPS) is 26.6. The molecule has 0 aliphatic heterocycles. The lowest BCUT2D eigenvalue weighted by Gasteiger charge is -2.30. The Balaban J connectivity index is 1.62. The molecular weight excluding hydrogens is 423 g/mol. The number of hydrogen-bond donors (Lipinski definition) is 1. The standard InChI is InChI=1S/C20H26F3NO5S/c1-17(2,3)29-16(25)24-19-10-8-18(12-19,9-11-19)13-28-30(26,27)15-6-4-14(5-7-15)20(21,22)23/h4-7H,8-13H2,1-3H3,(H,24,25). The molecule has 1 aromatic carbocycles. The first-order valence-corrected chi connectivity index (χ1v) is 11.1. The maximum Gasteiger partial charge on any atom is 0.416 e. The maximum absolute atomic E-state index is 12.7. The lowest BCUT2D eigenvalue weighted by atomic mass is 9.85. The third-order valence-electron chi connectivity index (χ3n) is 5.74. The van der Waals surface area contributed by atoms with E-state index in [-0.39, 0.29) is 11.5 Å². The number of halogens is 3. The number of amides is 1. The van der Waals surface area contributed by atoms with E-state index in [0.29, 0.717) is 32.1 Å². The summed E-state index contributed by atoms with van der Waals surface area (Å²) in [4.78, 5) is 11.8. The van der Waals surface area contributed by atoms with Gasteiger partial charge in [0.1, 0.15) is 5.60 Å². The van der Waals surface area contributed by atoms with Gasteiger partial charge in [-0.1, -0.05) is 0 Å². The van der Waals surface area contributed by atoms with Crippen LogP contribution in [0.3, 0.4) is 0 Å². The maximum atomic E-state index is 12.7. The monoisotopic (exact) mass is 449 g/mol. The first-order valence-electron chi connectivity index (χ1n) is 9.72. The number of benzene rings is 1. The highest BCUT2D eigenvalue weighted by Gasteiger charge is 2.55. The topological polar surface area (TPSA) is 81.7 Å². The van der Waals surface area contributed by atoms with Gasteiger partial charge in [0.05, 0.1) is 17.1 Å². The fourth-order valence-electron chi connectivity index (χ4n) is 4.30. The van der Waals surface area contributed by atoms with Crippen LogP contribution in [-0.2, 0) is 25.2 Å². The summed E-state index contributed by atoms with van der Waals surface area (Å²) in [6.07, 6.45) is -1.72. The van der Waals surface area contributed by atoms with Crippen molar-refractivity contribution in [2.24, 2.45) is 5.41 Å².